The van der Waals surface area contributed by atoms with E-state index in [0.717, 1.165) is 6.42 Å². The van der Waals surface area contributed by atoms with E-state index in [2.05, 4.69) is 5.32 Å². The minimum absolute atomic E-state index is 0.145. The van der Waals surface area contributed by atoms with Crippen LogP contribution in [0.15, 0.2) is 18.2 Å². The number of carbonyl (C=O) groups excluding carboxylic acids is 1. The lowest BCUT2D eigenvalue weighted by molar-refractivity contribution is -0.122. The predicted octanol–water partition coefficient (Wildman–Crippen LogP) is 2.14. The molecule has 0 aliphatic rings. The third-order valence-corrected chi connectivity index (χ3v) is 3.01. The Morgan fingerprint density at radius 1 is 1.53 bits per heavy atom. The molecule has 0 saturated heterocycles. The molecule has 2 unspecified atom stereocenters. The first-order valence-electron chi connectivity index (χ1n) is 6.36. The first-order chi connectivity index (χ1) is 8.97. The lowest BCUT2D eigenvalue weighted by Crippen LogP contribution is -2.33. The van der Waals surface area contributed by atoms with Crippen LogP contribution in [0, 0.1) is 5.82 Å². The third kappa shape index (κ3) is 4.52. The van der Waals surface area contributed by atoms with Crippen LogP contribution in [-0.2, 0) is 4.79 Å². The van der Waals surface area contributed by atoms with Gasteiger partial charge in [-0.3, -0.25) is 4.79 Å². The Labute approximate surface area is 113 Å². The van der Waals surface area contributed by atoms with Crippen molar-refractivity contribution in [2.75, 3.05) is 7.11 Å². The van der Waals surface area contributed by atoms with Gasteiger partial charge in [0.2, 0.25) is 5.91 Å². The van der Waals surface area contributed by atoms with E-state index in [1.54, 1.807) is 13.0 Å². The summed E-state index contributed by atoms with van der Waals surface area (Å²) in [4.78, 5) is 11.8. The highest BCUT2D eigenvalue weighted by Gasteiger charge is 2.16. The van der Waals surface area contributed by atoms with Crippen molar-refractivity contribution in [2.24, 2.45) is 5.73 Å². The fourth-order valence-corrected chi connectivity index (χ4v) is 1.80. The van der Waals surface area contributed by atoms with Gasteiger partial charge in [0.05, 0.1) is 13.2 Å². The third-order valence-electron chi connectivity index (χ3n) is 3.01. The van der Waals surface area contributed by atoms with Crippen LogP contribution >= 0.6 is 0 Å². The van der Waals surface area contributed by atoms with Gasteiger partial charge in [-0.2, -0.15) is 0 Å². The molecule has 5 heteroatoms. The Kier molecular flexibility index (Phi) is 5.76. The van der Waals surface area contributed by atoms with Crippen molar-refractivity contribution in [2.45, 2.75) is 38.8 Å². The molecule has 106 valence electrons. The molecule has 0 aliphatic carbocycles. The summed E-state index contributed by atoms with van der Waals surface area (Å²) in [6, 6.07) is 3.75. The SMILES string of the molecule is CCC(N)CC(=O)NC(C)c1cc(F)ccc1OC. The normalized spacial score (nSPS) is 13.7. The zero-order valence-electron chi connectivity index (χ0n) is 11.6. The van der Waals surface area contributed by atoms with E-state index in [9.17, 15) is 9.18 Å². The molecule has 2 atom stereocenters. The smallest absolute Gasteiger partial charge is 0.222 e. The molecule has 0 spiro atoms. The molecule has 0 heterocycles. The predicted molar refractivity (Wildman–Crippen MR) is 72.4 cm³/mol. The first kappa shape index (κ1) is 15.4. The lowest BCUT2D eigenvalue weighted by atomic mass is 10.1. The summed E-state index contributed by atoms with van der Waals surface area (Å²) in [6.07, 6.45) is 1.00. The zero-order chi connectivity index (χ0) is 14.4. The maximum atomic E-state index is 13.3. The average Bonchev–Trinajstić information content (AvgIpc) is 2.38. The summed E-state index contributed by atoms with van der Waals surface area (Å²) in [5, 5.41) is 2.80. The topological polar surface area (TPSA) is 64.4 Å². The van der Waals surface area contributed by atoms with Gasteiger partial charge in [-0.05, 0) is 31.5 Å². The first-order valence-corrected chi connectivity index (χ1v) is 6.36. The molecule has 1 amide bonds. The highest BCUT2D eigenvalue weighted by atomic mass is 19.1. The molecule has 1 aromatic rings. The van der Waals surface area contributed by atoms with Gasteiger partial charge < -0.3 is 15.8 Å². The van der Waals surface area contributed by atoms with Crippen LogP contribution in [0.5, 0.6) is 5.75 Å². The summed E-state index contributed by atoms with van der Waals surface area (Å²) in [5.74, 6) is 0.0457. The van der Waals surface area contributed by atoms with Gasteiger partial charge in [-0.1, -0.05) is 6.92 Å². The number of benzene rings is 1. The largest absolute Gasteiger partial charge is 0.496 e. The van der Waals surface area contributed by atoms with Crippen molar-refractivity contribution >= 4 is 5.91 Å². The van der Waals surface area contributed by atoms with E-state index < -0.39 is 0 Å². The van der Waals surface area contributed by atoms with Gasteiger partial charge in [0.15, 0.2) is 0 Å². The molecule has 3 N–H and O–H groups in total. The van der Waals surface area contributed by atoms with Crippen molar-refractivity contribution in [1.29, 1.82) is 0 Å². The number of hydrogen-bond acceptors (Lipinski definition) is 3. The van der Waals surface area contributed by atoms with Crippen molar-refractivity contribution in [1.82, 2.24) is 5.32 Å². The molecule has 4 nitrogen and oxygen atoms in total. The molecule has 0 fully saturated rings. The van der Waals surface area contributed by atoms with Crippen LogP contribution in [0.2, 0.25) is 0 Å². The Balaban J connectivity index is 2.74. The zero-order valence-corrected chi connectivity index (χ0v) is 11.6. The fourth-order valence-electron chi connectivity index (χ4n) is 1.80. The number of nitrogens with two attached hydrogens (primary N) is 1. The van der Waals surface area contributed by atoms with Crippen LogP contribution in [0.1, 0.15) is 38.3 Å². The quantitative estimate of drug-likeness (QED) is 0.830. The minimum Gasteiger partial charge on any atom is -0.496 e. The monoisotopic (exact) mass is 268 g/mol. The van der Waals surface area contributed by atoms with Crippen LogP contribution < -0.4 is 15.8 Å². The van der Waals surface area contributed by atoms with E-state index >= 15 is 0 Å². The number of rotatable bonds is 6. The maximum Gasteiger partial charge on any atom is 0.222 e. The Morgan fingerprint density at radius 2 is 2.21 bits per heavy atom. The standard InChI is InChI=1S/C14H21FN2O2/c1-4-11(16)8-14(18)17-9(2)12-7-10(15)5-6-13(12)19-3/h5-7,9,11H,4,8,16H2,1-3H3,(H,17,18). The summed E-state index contributed by atoms with van der Waals surface area (Å²) in [6.45, 7) is 3.71. The van der Waals surface area contributed by atoms with Crippen LogP contribution in [-0.4, -0.2) is 19.1 Å². The number of methoxy groups -OCH3 is 1. The number of amides is 1. The molecule has 0 saturated carbocycles. The molecule has 0 aliphatic heterocycles. The van der Waals surface area contributed by atoms with Gasteiger partial charge in [-0.15, -0.1) is 0 Å². The molecular formula is C14H21FN2O2. The van der Waals surface area contributed by atoms with Crippen molar-refractivity contribution < 1.29 is 13.9 Å². The van der Waals surface area contributed by atoms with Gasteiger partial charge >= 0.3 is 0 Å². The molecular weight excluding hydrogens is 247 g/mol. The second kappa shape index (κ2) is 7.09. The second-order valence-electron chi connectivity index (χ2n) is 4.55. The molecule has 0 aromatic heterocycles. The summed E-state index contributed by atoms with van der Waals surface area (Å²) in [5.41, 5.74) is 6.33. The summed E-state index contributed by atoms with van der Waals surface area (Å²) in [7, 11) is 1.51. The molecule has 1 rings (SSSR count). The lowest BCUT2D eigenvalue weighted by Gasteiger charge is -2.18. The maximum absolute atomic E-state index is 13.3. The fraction of sp³-hybridized carbons (Fsp3) is 0.500. The minimum atomic E-state index is -0.359. The number of hydrogen-bond donors (Lipinski definition) is 2. The average molecular weight is 268 g/mol. The van der Waals surface area contributed by atoms with E-state index in [1.807, 2.05) is 6.92 Å². The molecule has 0 radical (unpaired) electrons. The van der Waals surface area contributed by atoms with E-state index in [1.165, 1.54) is 19.2 Å². The van der Waals surface area contributed by atoms with E-state index in [4.69, 9.17) is 10.5 Å². The summed E-state index contributed by atoms with van der Waals surface area (Å²) < 4.78 is 18.4. The Bertz CT molecular complexity index is 437. The van der Waals surface area contributed by atoms with Crippen molar-refractivity contribution in [3.8, 4) is 5.75 Å². The van der Waals surface area contributed by atoms with E-state index in [-0.39, 0.29) is 30.2 Å². The number of ether oxygens (including phenoxy) is 1. The van der Waals surface area contributed by atoms with Gasteiger partial charge in [-0.25, -0.2) is 4.39 Å². The summed E-state index contributed by atoms with van der Waals surface area (Å²) >= 11 is 0. The van der Waals surface area contributed by atoms with Crippen LogP contribution in [0.25, 0.3) is 0 Å². The van der Waals surface area contributed by atoms with E-state index in [0.29, 0.717) is 11.3 Å². The second-order valence-corrected chi connectivity index (χ2v) is 4.55. The van der Waals surface area contributed by atoms with Crippen LogP contribution in [0.4, 0.5) is 4.39 Å². The highest BCUT2D eigenvalue weighted by Crippen LogP contribution is 2.25. The van der Waals surface area contributed by atoms with Gasteiger partial charge in [0.25, 0.3) is 0 Å². The Hall–Kier alpha value is -1.62. The Morgan fingerprint density at radius 3 is 2.79 bits per heavy atom. The highest BCUT2D eigenvalue weighted by molar-refractivity contribution is 5.77. The van der Waals surface area contributed by atoms with Crippen molar-refractivity contribution in [3.63, 3.8) is 0 Å². The number of nitrogens with one attached hydrogen (secondary N) is 1. The van der Waals surface area contributed by atoms with Gasteiger partial charge in [0.1, 0.15) is 11.6 Å². The molecule has 0 bridgehead atoms. The van der Waals surface area contributed by atoms with Crippen molar-refractivity contribution in [3.05, 3.63) is 29.6 Å². The van der Waals surface area contributed by atoms with Gasteiger partial charge in [0, 0.05) is 18.0 Å². The number of halogens is 1. The van der Waals surface area contributed by atoms with Crippen LogP contribution in [0.3, 0.4) is 0 Å². The molecule has 19 heavy (non-hydrogen) atoms. The molecule has 1 aromatic carbocycles. The number of carbonyl (C=O) groups is 1.